The second-order valence-corrected chi connectivity index (χ2v) is 13.0. The van der Waals surface area contributed by atoms with Crippen LogP contribution in [0, 0.1) is 5.41 Å². The number of urea groups is 1. The number of rotatable bonds is 6. The van der Waals surface area contributed by atoms with E-state index in [1.54, 1.807) is 18.2 Å². The Balaban J connectivity index is 1.29. The summed E-state index contributed by atoms with van der Waals surface area (Å²) in [5.41, 5.74) is 0.518. The molecular formula is C30H38N4O6S. The number of benzene rings is 1. The molecule has 0 aliphatic carbocycles. The first-order chi connectivity index (χ1) is 19.5. The molecule has 0 saturated carbocycles. The van der Waals surface area contributed by atoms with Crippen molar-refractivity contribution in [3.05, 3.63) is 41.5 Å². The van der Waals surface area contributed by atoms with Crippen molar-refractivity contribution in [2.24, 2.45) is 5.41 Å². The summed E-state index contributed by atoms with van der Waals surface area (Å²) in [7, 11) is 0. The van der Waals surface area contributed by atoms with E-state index < -0.39 is 17.0 Å². The van der Waals surface area contributed by atoms with Gasteiger partial charge in [-0.15, -0.1) is 11.3 Å². The third-order valence-corrected chi connectivity index (χ3v) is 9.48. The fourth-order valence-corrected chi connectivity index (χ4v) is 7.60. The topological polar surface area (TPSA) is 128 Å². The van der Waals surface area contributed by atoms with E-state index in [-0.39, 0.29) is 23.5 Å². The summed E-state index contributed by atoms with van der Waals surface area (Å²) < 4.78 is 5.70. The van der Waals surface area contributed by atoms with Crippen LogP contribution in [-0.4, -0.2) is 83.1 Å². The van der Waals surface area contributed by atoms with E-state index in [9.17, 15) is 24.3 Å². The molecule has 0 radical (unpaired) electrons. The van der Waals surface area contributed by atoms with Crippen molar-refractivity contribution in [2.45, 2.75) is 64.5 Å². The number of aromatic carboxylic acids is 1. The van der Waals surface area contributed by atoms with E-state index >= 15 is 0 Å². The highest BCUT2D eigenvalue weighted by atomic mass is 32.1. The van der Waals surface area contributed by atoms with Gasteiger partial charge in [0.1, 0.15) is 10.6 Å². The average Bonchev–Trinajstić information content (AvgIpc) is 3.45. The second-order valence-electron chi connectivity index (χ2n) is 11.9. The van der Waals surface area contributed by atoms with Gasteiger partial charge in [-0.2, -0.15) is 0 Å². The summed E-state index contributed by atoms with van der Waals surface area (Å²) in [4.78, 5) is 55.3. The van der Waals surface area contributed by atoms with Crippen molar-refractivity contribution in [1.82, 2.24) is 15.1 Å². The third kappa shape index (κ3) is 6.11. The molecule has 1 unspecified atom stereocenters. The maximum atomic E-state index is 13.8. The molecule has 0 bridgehead atoms. The van der Waals surface area contributed by atoms with Crippen molar-refractivity contribution < 1.29 is 29.0 Å². The lowest BCUT2D eigenvalue weighted by atomic mass is 9.74. The van der Waals surface area contributed by atoms with Crippen LogP contribution in [-0.2, 0) is 9.53 Å². The fraction of sp³-hybridized carbons (Fsp3) is 0.533. The van der Waals surface area contributed by atoms with Gasteiger partial charge in [0.2, 0.25) is 0 Å². The Bertz CT molecular complexity index is 1330. The number of nitrogens with one attached hydrogen (secondary N) is 2. The van der Waals surface area contributed by atoms with Gasteiger partial charge in [0.25, 0.3) is 5.91 Å². The van der Waals surface area contributed by atoms with Crippen LogP contribution in [0.15, 0.2) is 30.3 Å². The number of hydrogen-bond donors (Lipinski definition) is 3. The predicted octanol–water partition coefficient (Wildman–Crippen LogP) is 4.67. The molecule has 4 heterocycles. The highest BCUT2D eigenvalue weighted by Gasteiger charge is 2.54. The minimum Gasteiger partial charge on any atom is -0.478 e. The van der Waals surface area contributed by atoms with Gasteiger partial charge < -0.3 is 20.1 Å². The highest BCUT2D eigenvalue weighted by molar-refractivity contribution is 7.20. The monoisotopic (exact) mass is 582 g/mol. The number of piperidine rings is 2. The van der Waals surface area contributed by atoms with Gasteiger partial charge >= 0.3 is 18.0 Å². The molecule has 220 valence electrons. The van der Waals surface area contributed by atoms with E-state index in [2.05, 4.69) is 15.5 Å². The summed E-state index contributed by atoms with van der Waals surface area (Å²) in [5, 5.41) is 15.2. The van der Waals surface area contributed by atoms with Gasteiger partial charge in [0, 0.05) is 43.5 Å². The van der Waals surface area contributed by atoms with Crippen LogP contribution in [0.25, 0.3) is 10.4 Å². The number of likely N-dealkylation sites (tertiary alicyclic amines) is 2. The van der Waals surface area contributed by atoms with E-state index in [1.165, 1.54) is 23.5 Å². The first kappa shape index (κ1) is 29.1. The van der Waals surface area contributed by atoms with Crippen LogP contribution >= 0.6 is 11.3 Å². The normalized spacial score (nSPS) is 22.9. The largest absolute Gasteiger partial charge is 0.478 e. The molecule has 1 aromatic heterocycles. The lowest BCUT2D eigenvalue weighted by Crippen LogP contribution is -2.53. The van der Waals surface area contributed by atoms with Crippen molar-refractivity contribution in [2.75, 3.05) is 38.0 Å². The van der Waals surface area contributed by atoms with Crippen LogP contribution in [0.4, 0.5) is 9.80 Å². The van der Waals surface area contributed by atoms with Gasteiger partial charge in [-0.1, -0.05) is 12.1 Å². The lowest BCUT2D eigenvalue weighted by Gasteiger charge is -2.44. The smallest absolute Gasteiger partial charge is 0.335 e. The minimum atomic E-state index is -1.01. The quantitative estimate of drug-likeness (QED) is 0.423. The molecule has 10 nitrogen and oxygen atoms in total. The Kier molecular flexibility index (Phi) is 8.11. The minimum absolute atomic E-state index is 0.0715. The van der Waals surface area contributed by atoms with Crippen LogP contribution in [0.1, 0.15) is 73.6 Å². The van der Waals surface area contributed by atoms with Gasteiger partial charge in [0.15, 0.2) is 0 Å². The molecule has 3 aliphatic heterocycles. The number of carboxylic acids is 1. The number of thiophene rings is 1. The fourth-order valence-electron chi connectivity index (χ4n) is 6.55. The van der Waals surface area contributed by atoms with Crippen molar-refractivity contribution >= 4 is 40.2 Å². The molecule has 1 atom stereocenters. The molecule has 11 heteroatoms. The Morgan fingerprint density at radius 3 is 2.44 bits per heavy atom. The number of anilines is 1. The number of amides is 3. The molecule has 3 amide bonds. The Labute approximate surface area is 244 Å². The Morgan fingerprint density at radius 1 is 1.12 bits per heavy atom. The summed E-state index contributed by atoms with van der Waals surface area (Å²) >= 11 is 1.29. The van der Waals surface area contributed by atoms with Crippen molar-refractivity contribution in [3.63, 3.8) is 0 Å². The molecule has 3 aliphatic rings. The number of ether oxygens (including phenoxy) is 1. The second kappa shape index (κ2) is 11.4. The van der Waals surface area contributed by atoms with Crippen LogP contribution in [0.2, 0.25) is 0 Å². The Hall–Kier alpha value is -3.44. The molecule has 41 heavy (non-hydrogen) atoms. The zero-order valence-corrected chi connectivity index (χ0v) is 24.6. The first-order valence-corrected chi connectivity index (χ1v) is 15.1. The van der Waals surface area contributed by atoms with Gasteiger partial charge in [0.05, 0.1) is 16.5 Å². The zero-order valence-electron chi connectivity index (χ0n) is 23.8. The summed E-state index contributed by atoms with van der Waals surface area (Å²) in [5.74, 6) is -1.22. The van der Waals surface area contributed by atoms with E-state index in [0.717, 1.165) is 49.1 Å². The van der Waals surface area contributed by atoms with Crippen molar-refractivity contribution in [3.8, 4) is 10.4 Å². The number of cyclic esters (lactones) is 1. The van der Waals surface area contributed by atoms with E-state index in [4.69, 9.17) is 4.74 Å². The molecule has 2 aromatic rings. The highest BCUT2D eigenvalue weighted by Crippen LogP contribution is 2.47. The Morgan fingerprint density at radius 2 is 1.83 bits per heavy atom. The van der Waals surface area contributed by atoms with Gasteiger partial charge in [-0.3, -0.25) is 19.8 Å². The summed E-state index contributed by atoms with van der Waals surface area (Å²) in [6, 6.07) is 8.15. The van der Waals surface area contributed by atoms with E-state index in [1.807, 2.05) is 25.7 Å². The van der Waals surface area contributed by atoms with Gasteiger partial charge in [-0.05, 0) is 76.8 Å². The molecule has 3 saturated heterocycles. The number of nitrogens with zero attached hydrogens (tertiary/aromatic N) is 2. The van der Waals surface area contributed by atoms with Crippen LogP contribution in [0.5, 0.6) is 0 Å². The standard InChI is InChI=1S/C30H38N4O6S/c1-4-31-28(39)32-24-22(16-23(41-24)19-6-8-20(9-7-19)26(36)37)25(35)33-14-10-21(11-15-33)34-13-5-12-30(18-34)17-29(2,3)40-27(30)38/h6-9,16,21H,4-5,10-15,17-18H2,1-3H3,(H,36,37)(H2,31,32,39). The van der Waals surface area contributed by atoms with E-state index in [0.29, 0.717) is 42.8 Å². The number of carbonyl (C=O) groups excluding carboxylic acids is 3. The number of hydrogen-bond acceptors (Lipinski definition) is 7. The molecule has 1 spiro atoms. The molecule has 1 aromatic carbocycles. The number of carboxylic acid groups (broad SMARTS) is 1. The number of carbonyl (C=O) groups is 4. The maximum absolute atomic E-state index is 13.8. The SMILES string of the molecule is CCNC(=O)Nc1sc(-c2ccc(C(=O)O)cc2)cc1C(=O)N1CCC(N2CCCC3(C2)CC(C)(C)OC3=O)CC1. The summed E-state index contributed by atoms with van der Waals surface area (Å²) in [6.45, 7) is 9.07. The number of esters is 1. The zero-order chi connectivity index (χ0) is 29.4. The van der Waals surface area contributed by atoms with Crippen LogP contribution < -0.4 is 10.6 Å². The molecule has 5 rings (SSSR count). The lowest BCUT2D eigenvalue weighted by molar-refractivity contribution is -0.154. The molecular weight excluding hydrogens is 544 g/mol. The van der Waals surface area contributed by atoms with Crippen molar-refractivity contribution in [1.29, 1.82) is 0 Å². The third-order valence-electron chi connectivity index (χ3n) is 8.38. The summed E-state index contributed by atoms with van der Waals surface area (Å²) in [6.07, 6.45) is 4.20. The predicted molar refractivity (Wildman–Crippen MR) is 156 cm³/mol. The first-order valence-electron chi connectivity index (χ1n) is 14.3. The average molecular weight is 583 g/mol. The molecule has 3 N–H and O–H groups in total. The van der Waals surface area contributed by atoms with Gasteiger partial charge in [-0.25, -0.2) is 9.59 Å². The maximum Gasteiger partial charge on any atom is 0.335 e. The van der Waals surface area contributed by atoms with Crippen LogP contribution in [0.3, 0.4) is 0 Å². The molecule has 3 fully saturated rings.